The number of carbonyl (C=O) groups excluding carboxylic acids is 1. The van der Waals surface area contributed by atoms with Crippen molar-refractivity contribution in [1.82, 2.24) is 10.3 Å². The number of rotatable bonds is 5. The SMILES string of the molecule is Nc1ccc(OCC(=O)NCc2cscn2)cc1. The second-order valence-corrected chi connectivity index (χ2v) is 4.33. The van der Waals surface area contributed by atoms with Gasteiger partial charge in [-0.25, -0.2) is 4.98 Å². The highest BCUT2D eigenvalue weighted by Crippen LogP contribution is 2.12. The van der Waals surface area contributed by atoms with Gasteiger partial charge in [0, 0.05) is 11.1 Å². The van der Waals surface area contributed by atoms with E-state index in [-0.39, 0.29) is 12.5 Å². The predicted molar refractivity (Wildman–Crippen MR) is 70.3 cm³/mol. The molecule has 0 radical (unpaired) electrons. The Morgan fingerprint density at radius 2 is 2.17 bits per heavy atom. The van der Waals surface area contributed by atoms with Crippen LogP contribution in [0.4, 0.5) is 5.69 Å². The molecule has 0 aliphatic rings. The molecule has 0 fully saturated rings. The maximum absolute atomic E-state index is 11.5. The zero-order chi connectivity index (χ0) is 12.8. The van der Waals surface area contributed by atoms with Crippen LogP contribution in [-0.4, -0.2) is 17.5 Å². The normalized spacial score (nSPS) is 10.0. The number of benzene rings is 1. The highest BCUT2D eigenvalue weighted by Gasteiger charge is 2.03. The van der Waals surface area contributed by atoms with Crippen molar-refractivity contribution in [3.05, 3.63) is 40.8 Å². The number of ether oxygens (including phenoxy) is 1. The first-order chi connectivity index (χ1) is 8.74. The molecule has 0 atom stereocenters. The lowest BCUT2D eigenvalue weighted by atomic mass is 10.3. The molecule has 18 heavy (non-hydrogen) atoms. The second-order valence-electron chi connectivity index (χ2n) is 3.61. The smallest absolute Gasteiger partial charge is 0.258 e. The Balaban J connectivity index is 1.73. The minimum Gasteiger partial charge on any atom is -0.484 e. The molecule has 1 aromatic carbocycles. The van der Waals surface area contributed by atoms with Crippen molar-refractivity contribution < 1.29 is 9.53 Å². The number of nitrogen functional groups attached to an aromatic ring is 1. The number of thiazole rings is 1. The quantitative estimate of drug-likeness (QED) is 0.800. The van der Waals surface area contributed by atoms with Crippen LogP contribution in [0.2, 0.25) is 0 Å². The van der Waals surface area contributed by atoms with E-state index in [9.17, 15) is 4.79 Å². The van der Waals surface area contributed by atoms with Gasteiger partial charge in [0.25, 0.3) is 5.91 Å². The summed E-state index contributed by atoms with van der Waals surface area (Å²) in [7, 11) is 0. The first-order valence-corrected chi connectivity index (χ1v) is 6.30. The number of anilines is 1. The van der Waals surface area contributed by atoms with Gasteiger partial charge in [-0.1, -0.05) is 0 Å². The van der Waals surface area contributed by atoms with Crippen LogP contribution in [-0.2, 0) is 11.3 Å². The molecular formula is C12H13N3O2S. The Bertz CT molecular complexity index is 497. The van der Waals surface area contributed by atoms with E-state index in [1.807, 2.05) is 5.38 Å². The number of nitrogens with zero attached hydrogens (tertiary/aromatic N) is 1. The number of amides is 1. The zero-order valence-electron chi connectivity index (χ0n) is 9.63. The predicted octanol–water partition coefficient (Wildman–Crippen LogP) is 1.42. The number of nitrogens with two attached hydrogens (primary N) is 1. The lowest BCUT2D eigenvalue weighted by molar-refractivity contribution is -0.123. The summed E-state index contributed by atoms with van der Waals surface area (Å²) >= 11 is 1.50. The van der Waals surface area contributed by atoms with Gasteiger partial charge in [0.1, 0.15) is 5.75 Å². The largest absolute Gasteiger partial charge is 0.484 e. The number of hydrogen-bond acceptors (Lipinski definition) is 5. The Kier molecular flexibility index (Phi) is 4.14. The van der Waals surface area contributed by atoms with E-state index in [4.69, 9.17) is 10.5 Å². The summed E-state index contributed by atoms with van der Waals surface area (Å²) in [6.07, 6.45) is 0. The summed E-state index contributed by atoms with van der Waals surface area (Å²) in [5.41, 5.74) is 8.78. The van der Waals surface area contributed by atoms with Crippen molar-refractivity contribution in [2.75, 3.05) is 12.3 Å². The Labute approximate surface area is 109 Å². The Morgan fingerprint density at radius 1 is 1.39 bits per heavy atom. The molecule has 1 amide bonds. The third kappa shape index (κ3) is 3.74. The van der Waals surface area contributed by atoms with E-state index in [0.717, 1.165) is 5.69 Å². The van der Waals surface area contributed by atoms with Gasteiger partial charge in [-0.05, 0) is 24.3 Å². The highest BCUT2D eigenvalue weighted by molar-refractivity contribution is 7.07. The zero-order valence-corrected chi connectivity index (χ0v) is 10.4. The van der Waals surface area contributed by atoms with E-state index in [0.29, 0.717) is 18.0 Å². The summed E-state index contributed by atoms with van der Waals surface area (Å²) in [5.74, 6) is 0.438. The molecule has 2 rings (SSSR count). The van der Waals surface area contributed by atoms with Crippen molar-refractivity contribution in [2.45, 2.75) is 6.54 Å². The molecule has 94 valence electrons. The third-order valence-corrected chi connectivity index (χ3v) is 2.84. The van der Waals surface area contributed by atoms with Crippen molar-refractivity contribution in [2.24, 2.45) is 0 Å². The summed E-state index contributed by atoms with van der Waals surface area (Å²) < 4.78 is 5.31. The van der Waals surface area contributed by atoms with Crippen molar-refractivity contribution in [1.29, 1.82) is 0 Å². The molecule has 1 aromatic heterocycles. The van der Waals surface area contributed by atoms with Crippen LogP contribution in [0.5, 0.6) is 5.75 Å². The molecule has 0 spiro atoms. The van der Waals surface area contributed by atoms with E-state index in [1.54, 1.807) is 29.8 Å². The minimum absolute atomic E-state index is 0.0198. The van der Waals surface area contributed by atoms with Crippen molar-refractivity contribution in [3.63, 3.8) is 0 Å². The molecule has 0 saturated heterocycles. The summed E-state index contributed by atoms with van der Waals surface area (Å²) in [6.45, 7) is 0.404. The van der Waals surface area contributed by atoms with Gasteiger partial charge in [-0.2, -0.15) is 0 Å². The average Bonchev–Trinajstić information content (AvgIpc) is 2.89. The third-order valence-electron chi connectivity index (χ3n) is 2.20. The van der Waals surface area contributed by atoms with Crippen molar-refractivity contribution in [3.8, 4) is 5.75 Å². The number of hydrogen-bond donors (Lipinski definition) is 2. The van der Waals surface area contributed by atoms with Crippen LogP contribution >= 0.6 is 11.3 Å². The molecule has 6 heteroatoms. The molecule has 0 saturated carbocycles. The van der Waals surface area contributed by atoms with Gasteiger partial charge in [0.15, 0.2) is 6.61 Å². The fourth-order valence-electron chi connectivity index (χ4n) is 1.28. The average molecular weight is 263 g/mol. The molecule has 5 nitrogen and oxygen atoms in total. The minimum atomic E-state index is -0.181. The van der Waals surface area contributed by atoms with Gasteiger partial charge in [-0.3, -0.25) is 4.79 Å². The van der Waals surface area contributed by atoms with Crippen LogP contribution in [0, 0.1) is 0 Å². The maximum Gasteiger partial charge on any atom is 0.258 e. The molecule has 1 heterocycles. The van der Waals surface area contributed by atoms with Gasteiger partial charge in [-0.15, -0.1) is 11.3 Å². The molecule has 0 aliphatic carbocycles. The fraction of sp³-hybridized carbons (Fsp3) is 0.167. The number of nitrogens with one attached hydrogen (secondary N) is 1. The van der Waals surface area contributed by atoms with E-state index in [1.165, 1.54) is 11.3 Å². The van der Waals surface area contributed by atoms with E-state index >= 15 is 0 Å². The second kappa shape index (κ2) is 6.02. The molecule has 2 aromatic rings. The topological polar surface area (TPSA) is 77.2 Å². The first-order valence-electron chi connectivity index (χ1n) is 5.36. The first kappa shape index (κ1) is 12.4. The van der Waals surface area contributed by atoms with E-state index in [2.05, 4.69) is 10.3 Å². The number of carbonyl (C=O) groups is 1. The van der Waals surface area contributed by atoms with Crippen LogP contribution in [0.15, 0.2) is 35.2 Å². The summed E-state index contributed by atoms with van der Waals surface area (Å²) in [6, 6.07) is 6.90. The van der Waals surface area contributed by atoms with Crippen LogP contribution < -0.4 is 15.8 Å². The lowest BCUT2D eigenvalue weighted by Crippen LogP contribution is -2.28. The van der Waals surface area contributed by atoms with Crippen molar-refractivity contribution >= 4 is 22.9 Å². The van der Waals surface area contributed by atoms with Gasteiger partial charge in [0.2, 0.25) is 0 Å². The number of aromatic nitrogens is 1. The van der Waals surface area contributed by atoms with Gasteiger partial charge >= 0.3 is 0 Å². The van der Waals surface area contributed by atoms with Gasteiger partial charge in [0.05, 0.1) is 17.7 Å². The molecule has 0 aliphatic heterocycles. The van der Waals surface area contributed by atoms with Crippen LogP contribution in [0.1, 0.15) is 5.69 Å². The highest BCUT2D eigenvalue weighted by atomic mass is 32.1. The monoisotopic (exact) mass is 263 g/mol. The summed E-state index contributed by atoms with van der Waals surface area (Å²) in [4.78, 5) is 15.6. The summed E-state index contributed by atoms with van der Waals surface area (Å²) in [5, 5.41) is 4.61. The van der Waals surface area contributed by atoms with Gasteiger partial charge < -0.3 is 15.8 Å². The molecule has 0 bridgehead atoms. The van der Waals surface area contributed by atoms with E-state index < -0.39 is 0 Å². The molecular weight excluding hydrogens is 250 g/mol. The molecule has 0 unspecified atom stereocenters. The van der Waals surface area contributed by atoms with Crippen LogP contribution in [0.3, 0.4) is 0 Å². The van der Waals surface area contributed by atoms with Crippen LogP contribution in [0.25, 0.3) is 0 Å². The molecule has 3 N–H and O–H groups in total. The maximum atomic E-state index is 11.5. The Hall–Kier alpha value is -2.08. The standard InChI is InChI=1S/C12H13N3O2S/c13-9-1-3-11(4-2-9)17-6-12(16)14-5-10-7-18-8-15-10/h1-4,7-8H,5-6,13H2,(H,14,16). The Morgan fingerprint density at radius 3 is 2.83 bits per heavy atom. The fourth-order valence-corrected chi connectivity index (χ4v) is 1.84. The lowest BCUT2D eigenvalue weighted by Gasteiger charge is -2.06.